The summed E-state index contributed by atoms with van der Waals surface area (Å²) in [5.41, 5.74) is 0.333. The van der Waals surface area contributed by atoms with E-state index in [4.69, 9.17) is 21.7 Å². The molecule has 0 saturated carbocycles. The predicted molar refractivity (Wildman–Crippen MR) is 42.7 cm³/mol. The molecule has 0 amide bonds. The van der Waals surface area contributed by atoms with Crippen molar-refractivity contribution in [3.8, 4) is 5.75 Å². The number of methoxy groups -OCH3 is 1. The number of hydrogen-bond acceptors (Lipinski definition) is 2. The fraction of sp³-hybridized carbons (Fsp3) is 0.143. The predicted octanol–water partition coefficient (Wildman–Crippen LogP) is -0.163. The number of hydrogen-bond donors (Lipinski definition) is 0. The number of ether oxygens (including phenoxy) is 1. The second-order valence-corrected chi connectivity index (χ2v) is 2.35. The van der Waals surface area contributed by atoms with Crippen LogP contribution in [0.2, 0.25) is 5.02 Å². The summed E-state index contributed by atoms with van der Waals surface area (Å²) in [6.45, 7) is 0. The minimum absolute atomic E-state index is 0. The fourth-order valence-electron chi connectivity index (χ4n) is 0.741. The Bertz CT molecular complexity index is 309. The van der Waals surface area contributed by atoms with Crippen LogP contribution in [-0.2, 0) is 0 Å². The summed E-state index contributed by atoms with van der Waals surface area (Å²) in [7, 11) is 1.50. The minimum atomic E-state index is 0. The number of diazo groups is 1. The van der Waals surface area contributed by atoms with E-state index in [1.54, 1.807) is 12.1 Å². The van der Waals surface area contributed by atoms with Crippen molar-refractivity contribution < 1.29 is 17.1 Å². The molecule has 0 fully saturated rings. The van der Waals surface area contributed by atoms with Crippen LogP contribution in [0, 0.1) is 5.39 Å². The topological polar surface area (TPSA) is 37.4 Å². The first-order valence-electron chi connectivity index (χ1n) is 2.96. The van der Waals surface area contributed by atoms with E-state index >= 15 is 0 Å². The van der Waals surface area contributed by atoms with Crippen molar-refractivity contribution in [1.29, 1.82) is 5.39 Å². The Balaban J connectivity index is 0.00000121. The highest BCUT2D eigenvalue weighted by molar-refractivity contribution is 6.30. The summed E-state index contributed by atoms with van der Waals surface area (Å²) < 4.78 is 4.88. The van der Waals surface area contributed by atoms with Gasteiger partial charge in [-0.05, 0) is 12.1 Å². The van der Waals surface area contributed by atoms with E-state index in [2.05, 4.69) is 4.98 Å². The monoisotopic (exact) mass is 204 g/mol. The molecule has 0 bridgehead atoms. The molecule has 12 heavy (non-hydrogen) atoms. The molecule has 0 N–H and O–H groups in total. The van der Waals surface area contributed by atoms with Crippen LogP contribution in [0.15, 0.2) is 18.2 Å². The van der Waals surface area contributed by atoms with Crippen molar-refractivity contribution in [2.24, 2.45) is 0 Å². The normalized spacial score (nSPS) is 8.08. The van der Waals surface area contributed by atoms with Gasteiger partial charge in [0.1, 0.15) is 0 Å². The van der Waals surface area contributed by atoms with Crippen LogP contribution in [0.5, 0.6) is 5.75 Å². The Morgan fingerprint density at radius 3 is 2.67 bits per heavy atom. The van der Waals surface area contributed by atoms with E-state index < -0.39 is 0 Å². The number of benzene rings is 1. The van der Waals surface area contributed by atoms with Gasteiger partial charge in [0.2, 0.25) is 11.1 Å². The lowest BCUT2D eigenvalue weighted by atomic mass is 10.3. The summed E-state index contributed by atoms with van der Waals surface area (Å²) in [6.07, 6.45) is 0. The summed E-state index contributed by atoms with van der Waals surface area (Å²) in [4.78, 5) is 2.99. The molecule has 3 nitrogen and oxygen atoms in total. The Morgan fingerprint density at radius 2 is 2.17 bits per heavy atom. The zero-order chi connectivity index (χ0) is 8.27. The number of nitrogens with zero attached hydrogens (tertiary/aromatic N) is 2. The maximum Gasteiger partial charge on any atom is 0.427 e. The highest BCUT2D eigenvalue weighted by Crippen LogP contribution is 2.29. The van der Waals surface area contributed by atoms with Gasteiger partial charge in [0.15, 0.2) is 4.98 Å². The second kappa shape index (κ2) is 4.81. The van der Waals surface area contributed by atoms with Crippen LogP contribution in [0.1, 0.15) is 0 Å². The van der Waals surface area contributed by atoms with Crippen molar-refractivity contribution in [3.05, 3.63) is 28.2 Å². The maximum atomic E-state index is 8.46. The molecular weight excluding hydrogens is 199 g/mol. The summed E-state index contributed by atoms with van der Waals surface area (Å²) in [6, 6.07) is 4.81. The molecule has 1 rings (SSSR count). The van der Waals surface area contributed by atoms with Crippen LogP contribution in [-0.4, -0.2) is 7.11 Å². The first kappa shape index (κ1) is 11.0. The smallest absolute Gasteiger partial charge is 0.427 e. The van der Waals surface area contributed by atoms with Gasteiger partial charge in [-0.15, -0.1) is 0 Å². The Hall–Kier alpha value is -0.980. The van der Waals surface area contributed by atoms with Crippen LogP contribution >= 0.6 is 11.6 Å². The van der Waals surface area contributed by atoms with Crippen molar-refractivity contribution >= 4 is 17.3 Å². The van der Waals surface area contributed by atoms with Gasteiger partial charge in [-0.25, -0.2) is 0 Å². The van der Waals surface area contributed by atoms with Crippen molar-refractivity contribution in [2.75, 3.05) is 7.11 Å². The van der Waals surface area contributed by atoms with Gasteiger partial charge in [-0.1, -0.05) is 11.6 Å². The molecule has 0 unspecified atom stereocenters. The van der Waals surface area contributed by atoms with Crippen LogP contribution in [0.3, 0.4) is 0 Å². The molecule has 0 aromatic heterocycles. The van der Waals surface area contributed by atoms with Crippen molar-refractivity contribution in [2.45, 2.75) is 0 Å². The van der Waals surface area contributed by atoms with Crippen LogP contribution in [0.4, 0.5) is 5.69 Å². The first-order valence-corrected chi connectivity index (χ1v) is 3.34. The lowest BCUT2D eigenvalue weighted by molar-refractivity contribution is -0.00000267. The molecule has 0 aliphatic heterocycles. The third-order valence-electron chi connectivity index (χ3n) is 1.25. The molecule has 0 heterocycles. The molecule has 0 radical (unpaired) electrons. The van der Waals surface area contributed by atoms with Gasteiger partial charge in [-0.2, -0.15) is 0 Å². The third-order valence-corrected chi connectivity index (χ3v) is 1.48. The lowest BCUT2D eigenvalue weighted by Gasteiger charge is -1.93. The summed E-state index contributed by atoms with van der Waals surface area (Å²) in [5.74, 6) is 0.497. The highest BCUT2D eigenvalue weighted by atomic mass is 35.5. The molecular formula is C7H6Cl2N2O. The quantitative estimate of drug-likeness (QED) is 0.597. The zero-order valence-corrected chi connectivity index (χ0v) is 7.80. The second-order valence-electron chi connectivity index (χ2n) is 1.92. The van der Waals surface area contributed by atoms with Gasteiger partial charge in [0.05, 0.1) is 13.2 Å². The van der Waals surface area contributed by atoms with E-state index in [9.17, 15) is 0 Å². The van der Waals surface area contributed by atoms with Crippen molar-refractivity contribution in [1.82, 2.24) is 0 Å². The molecule has 1 aromatic carbocycles. The molecule has 1 aromatic rings. The molecule has 0 saturated heterocycles. The van der Waals surface area contributed by atoms with Crippen LogP contribution < -0.4 is 17.1 Å². The Morgan fingerprint density at radius 1 is 1.50 bits per heavy atom. The van der Waals surface area contributed by atoms with Crippen molar-refractivity contribution in [3.63, 3.8) is 0 Å². The summed E-state index contributed by atoms with van der Waals surface area (Å²) >= 11 is 5.63. The molecule has 0 aliphatic carbocycles. The van der Waals surface area contributed by atoms with Gasteiger partial charge in [0, 0.05) is 5.02 Å². The Labute approximate surface area is 81.3 Å². The van der Waals surface area contributed by atoms with E-state index in [0.29, 0.717) is 16.5 Å². The average Bonchev–Trinajstić information content (AvgIpc) is 2.04. The number of halogens is 2. The van der Waals surface area contributed by atoms with E-state index in [-0.39, 0.29) is 12.4 Å². The number of rotatable bonds is 1. The van der Waals surface area contributed by atoms with E-state index in [0.717, 1.165) is 0 Å². The Kier molecular flexibility index (Phi) is 4.42. The molecule has 0 spiro atoms. The zero-order valence-electron chi connectivity index (χ0n) is 6.29. The van der Waals surface area contributed by atoms with Crippen LogP contribution in [0.25, 0.3) is 4.98 Å². The molecule has 64 valence electrons. The largest absolute Gasteiger partial charge is 1.00 e. The van der Waals surface area contributed by atoms with E-state index in [1.165, 1.54) is 13.2 Å². The molecule has 0 atom stereocenters. The average molecular weight is 205 g/mol. The minimum Gasteiger partial charge on any atom is -1.00 e. The standard InChI is InChI=1S/C7H6ClN2O.ClH/c1-11-7-3-2-5(8)4-6(7)10-9;/h2-4H,1H3;1H/q+1;/p-1. The van der Waals surface area contributed by atoms with Gasteiger partial charge >= 0.3 is 5.69 Å². The van der Waals surface area contributed by atoms with Gasteiger partial charge in [-0.3, -0.25) is 0 Å². The van der Waals surface area contributed by atoms with Gasteiger partial charge < -0.3 is 17.1 Å². The first-order chi connectivity index (χ1) is 5.27. The fourth-order valence-corrected chi connectivity index (χ4v) is 0.908. The molecule has 0 aliphatic rings. The summed E-state index contributed by atoms with van der Waals surface area (Å²) in [5, 5.41) is 8.97. The highest BCUT2D eigenvalue weighted by Gasteiger charge is 2.13. The van der Waals surface area contributed by atoms with E-state index in [1.807, 2.05) is 0 Å². The van der Waals surface area contributed by atoms with Gasteiger partial charge in [0.25, 0.3) is 0 Å². The third kappa shape index (κ3) is 2.26. The SMILES string of the molecule is COc1ccc(Cl)cc1[N+]#N.[Cl-]. The maximum absolute atomic E-state index is 8.46. The molecule has 5 heteroatoms. The lowest BCUT2D eigenvalue weighted by Crippen LogP contribution is -3.00.